The number of hydrogen-bond acceptors (Lipinski definition) is 4. The first-order valence-electron chi connectivity index (χ1n) is 9.88. The van der Waals surface area contributed by atoms with Crippen molar-refractivity contribution in [3.63, 3.8) is 0 Å². The molecule has 2 aliphatic carbocycles. The highest BCUT2D eigenvalue weighted by Gasteiger charge is 2.70. The lowest BCUT2D eigenvalue weighted by molar-refractivity contribution is -0.169. The Bertz CT molecular complexity index is 790. The normalized spacial score (nSPS) is 30.0. The summed E-state index contributed by atoms with van der Waals surface area (Å²) in [6, 6.07) is 3.96. The molecular weight excluding hydrogens is 368 g/mol. The fourth-order valence-corrected chi connectivity index (χ4v) is 5.19. The van der Waals surface area contributed by atoms with Gasteiger partial charge in [0.25, 0.3) is 5.91 Å². The quantitative estimate of drug-likeness (QED) is 0.729. The fraction of sp³-hybridized carbons (Fsp3) is 0.600. The predicted octanol–water partition coefficient (Wildman–Crippen LogP) is 2.44. The average molecular weight is 393 g/mol. The lowest BCUT2D eigenvalue weighted by Gasteiger charge is -2.67. The van der Waals surface area contributed by atoms with Crippen molar-refractivity contribution >= 4 is 12.0 Å². The number of amides is 2. The lowest BCUT2D eigenvalue weighted by atomic mass is 9.53. The number of rotatable bonds is 6. The molecule has 0 radical (unpaired) electrons. The summed E-state index contributed by atoms with van der Waals surface area (Å²) >= 11 is 0. The second-order valence-corrected chi connectivity index (χ2v) is 7.89. The van der Waals surface area contributed by atoms with Crippen LogP contribution in [0.2, 0.25) is 0 Å². The van der Waals surface area contributed by atoms with E-state index in [9.17, 15) is 18.4 Å². The highest BCUT2D eigenvalue weighted by atomic mass is 19.2. The highest BCUT2D eigenvalue weighted by Crippen LogP contribution is 2.65. The zero-order chi connectivity index (χ0) is 19.9. The molecule has 3 aliphatic rings. The van der Waals surface area contributed by atoms with Crippen LogP contribution in [0.3, 0.4) is 0 Å². The summed E-state index contributed by atoms with van der Waals surface area (Å²) in [5.74, 6) is -2.44. The average Bonchev–Trinajstić information content (AvgIpc) is 3.03. The van der Waals surface area contributed by atoms with Crippen LogP contribution in [-0.4, -0.2) is 54.7 Å². The van der Waals surface area contributed by atoms with Gasteiger partial charge in [0.2, 0.25) is 0 Å². The second-order valence-electron chi connectivity index (χ2n) is 7.89. The largest absolute Gasteiger partial charge is 0.450 e. The highest BCUT2D eigenvalue weighted by molar-refractivity contribution is 5.94. The van der Waals surface area contributed by atoms with Crippen molar-refractivity contribution in [3.8, 4) is 0 Å². The molecule has 0 aromatic heterocycles. The lowest BCUT2D eigenvalue weighted by Crippen LogP contribution is -2.75. The van der Waals surface area contributed by atoms with Crippen molar-refractivity contribution in [1.82, 2.24) is 15.5 Å². The van der Waals surface area contributed by atoms with Crippen molar-refractivity contribution in [1.29, 1.82) is 0 Å². The Kier molecular flexibility index (Phi) is 4.99. The number of likely N-dealkylation sites (tertiary alicyclic amines) is 1. The van der Waals surface area contributed by atoms with E-state index in [0.29, 0.717) is 31.8 Å². The molecule has 1 aliphatic heterocycles. The van der Waals surface area contributed by atoms with Gasteiger partial charge in [0.1, 0.15) is 0 Å². The van der Waals surface area contributed by atoms with Crippen LogP contribution in [0.1, 0.15) is 43.0 Å². The minimum absolute atomic E-state index is 0.0964. The minimum Gasteiger partial charge on any atom is -0.450 e. The van der Waals surface area contributed by atoms with E-state index in [1.807, 2.05) is 11.8 Å². The SMILES string of the molecule is CCOC(=O)N1C2CCC23CC(NCCNC(=O)c2ccc(F)c(F)c2)CC13. The summed E-state index contributed by atoms with van der Waals surface area (Å²) in [4.78, 5) is 26.1. The monoisotopic (exact) mass is 393 g/mol. The van der Waals surface area contributed by atoms with Crippen LogP contribution in [0, 0.1) is 17.0 Å². The van der Waals surface area contributed by atoms with Gasteiger partial charge in [-0.15, -0.1) is 0 Å². The molecule has 152 valence electrons. The number of nitrogens with one attached hydrogen (secondary N) is 2. The van der Waals surface area contributed by atoms with Crippen LogP contribution < -0.4 is 10.6 Å². The van der Waals surface area contributed by atoms with E-state index in [1.165, 1.54) is 6.07 Å². The number of piperidine rings is 1. The van der Waals surface area contributed by atoms with E-state index in [0.717, 1.165) is 37.8 Å². The molecular formula is C20H25F2N3O3. The fourth-order valence-electron chi connectivity index (χ4n) is 5.19. The van der Waals surface area contributed by atoms with Crippen LogP contribution in [0.5, 0.6) is 0 Å². The number of hydrogen-bond donors (Lipinski definition) is 2. The maximum Gasteiger partial charge on any atom is 0.410 e. The van der Waals surface area contributed by atoms with Crippen LogP contribution in [-0.2, 0) is 4.74 Å². The maximum atomic E-state index is 13.2. The molecule has 2 N–H and O–H groups in total. The number of ether oxygens (including phenoxy) is 1. The summed E-state index contributed by atoms with van der Waals surface area (Å²) in [6.45, 7) is 3.17. The van der Waals surface area contributed by atoms with E-state index in [4.69, 9.17) is 4.74 Å². The standard InChI is InChI=1S/C20H25F2N3O3/c1-2-28-19(27)25-16-5-6-20(16)11-13(10-17(20)25)23-7-8-24-18(26)12-3-4-14(21)15(22)9-12/h3-4,9,13,16-17,23H,2,5-8,10-11H2,1H3,(H,24,26). The van der Waals surface area contributed by atoms with Crippen molar-refractivity contribution in [2.24, 2.45) is 5.41 Å². The Morgan fingerprint density at radius 3 is 2.75 bits per heavy atom. The molecule has 2 saturated carbocycles. The van der Waals surface area contributed by atoms with Gasteiger partial charge >= 0.3 is 6.09 Å². The Hall–Kier alpha value is -2.22. The molecule has 3 fully saturated rings. The van der Waals surface area contributed by atoms with Gasteiger partial charge in [-0.2, -0.15) is 0 Å². The van der Waals surface area contributed by atoms with Crippen LogP contribution in [0.25, 0.3) is 0 Å². The molecule has 1 spiro atoms. The third kappa shape index (κ3) is 3.03. The number of carbonyl (C=O) groups is 2. The molecule has 6 nitrogen and oxygen atoms in total. The van der Waals surface area contributed by atoms with Crippen molar-refractivity contribution in [2.75, 3.05) is 19.7 Å². The van der Waals surface area contributed by atoms with Crippen molar-refractivity contribution in [2.45, 2.75) is 50.7 Å². The number of nitrogens with zero attached hydrogens (tertiary/aromatic N) is 1. The predicted molar refractivity (Wildman–Crippen MR) is 97.8 cm³/mol. The summed E-state index contributed by atoms with van der Waals surface area (Å²) in [5.41, 5.74) is 0.346. The second kappa shape index (κ2) is 7.31. The van der Waals surface area contributed by atoms with E-state index < -0.39 is 17.5 Å². The van der Waals surface area contributed by atoms with Crippen LogP contribution in [0.4, 0.5) is 13.6 Å². The molecule has 4 atom stereocenters. The van der Waals surface area contributed by atoms with E-state index >= 15 is 0 Å². The van der Waals surface area contributed by atoms with Crippen LogP contribution >= 0.6 is 0 Å². The smallest absolute Gasteiger partial charge is 0.410 e. The third-order valence-corrected chi connectivity index (χ3v) is 6.52. The van der Waals surface area contributed by atoms with Gasteiger partial charge in [-0.3, -0.25) is 4.79 Å². The summed E-state index contributed by atoms with van der Waals surface area (Å²) < 4.78 is 31.4. The first-order valence-corrected chi connectivity index (χ1v) is 9.88. The van der Waals surface area contributed by atoms with Gasteiger partial charge < -0.3 is 20.3 Å². The molecule has 0 bridgehead atoms. The molecule has 4 unspecified atom stereocenters. The van der Waals surface area contributed by atoms with Gasteiger partial charge in [0.05, 0.1) is 6.61 Å². The summed E-state index contributed by atoms with van der Waals surface area (Å²) in [6.07, 6.45) is 3.93. The zero-order valence-electron chi connectivity index (χ0n) is 15.8. The van der Waals surface area contributed by atoms with Gasteiger partial charge in [-0.25, -0.2) is 13.6 Å². The molecule has 1 saturated heterocycles. The van der Waals surface area contributed by atoms with Gasteiger partial charge in [-0.1, -0.05) is 0 Å². The van der Waals surface area contributed by atoms with Gasteiger partial charge in [0, 0.05) is 42.2 Å². The Labute approximate surface area is 162 Å². The molecule has 1 aromatic carbocycles. The minimum atomic E-state index is -1.03. The number of benzene rings is 1. The van der Waals surface area contributed by atoms with Crippen LogP contribution in [0.15, 0.2) is 18.2 Å². The first-order chi connectivity index (χ1) is 13.5. The molecule has 1 aromatic rings. The Morgan fingerprint density at radius 1 is 1.25 bits per heavy atom. The molecule has 2 amide bonds. The molecule has 4 rings (SSSR count). The van der Waals surface area contributed by atoms with Gasteiger partial charge in [-0.05, 0) is 50.8 Å². The number of carbonyl (C=O) groups excluding carboxylic acids is 2. The van der Waals surface area contributed by atoms with Crippen molar-refractivity contribution < 1.29 is 23.1 Å². The first kappa shape index (κ1) is 19.1. The molecule has 1 heterocycles. The van der Waals surface area contributed by atoms with E-state index in [1.54, 1.807) is 0 Å². The van der Waals surface area contributed by atoms with Gasteiger partial charge in [0.15, 0.2) is 11.6 Å². The molecule has 8 heteroatoms. The van der Waals surface area contributed by atoms with E-state index in [-0.39, 0.29) is 23.1 Å². The number of halogens is 2. The Morgan fingerprint density at radius 2 is 2.07 bits per heavy atom. The topological polar surface area (TPSA) is 70.7 Å². The zero-order valence-corrected chi connectivity index (χ0v) is 15.8. The molecule has 28 heavy (non-hydrogen) atoms. The Balaban J connectivity index is 1.23. The van der Waals surface area contributed by atoms with Crippen molar-refractivity contribution in [3.05, 3.63) is 35.4 Å². The third-order valence-electron chi connectivity index (χ3n) is 6.52. The summed E-state index contributed by atoms with van der Waals surface area (Å²) in [5, 5.41) is 6.16. The maximum absolute atomic E-state index is 13.2. The summed E-state index contributed by atoms with van der Waals surface area (Å²) in [7, 11) is 0. The van der Waals surface area contributed by atoms with E-state index in [2.05, 4.69) is 10.6 Å².